The third-order valence-electron chi connectivity index (χ3n) is 4.86. The molecule has 4 aromatic rings. The fourth-order valence-corrected chi connectivity index (χ4v) is 3.36. The molecule has 0 radical (unpaired) electrons. The quantitative estimate of drug-likeness (QED) is 0.492. The van der Waals surface area contributed by atoms with E-state index in [0.29, 0.717) is 28.0 Å². The van der Waals surface area contributed by atoms with Crippen LogP contribution in [0.1, 0.15) is 10.4 Å². The van der Waals surface area contributed by atoms with Crippen LogP contribution in [0, 0.1) is 0 Å². The zero-order valence-electron chi connectivity index (χ0n) is 17.2. The van der Waals surface area contributed by atoms with Gasteiger partial charge in [0.1, 0.15) is 11.6 Å². The van der Waals surface area contributed by atoms with Crippen molar-refractivity contribution in [2.24, 2.45) is 0 Å². The first-order valence-corrected chi connectivity index (χ1v) is 9.85. The third kappa shape index (κ3) is 4.20. The van der Waals surface area contributed by atoms with Crippen LogP contribution in [0.4, 0.5) is 5.82 Å². The van der Waals surface area contributed by atoms with Crippen molar-refractivity contribution in [2.45, 2.75) is 0 Å². The molecule has 2 amide bonds. The maximum absolute atomic E-state index is 13.1. The lowest BCUT2D eigenvalue weighted by Crippen LogP contribution is -2.34. The standard InChI is InChI=1S/C24H20N4O4/c1-32-20-11-5-4-10-19(20)28-15-18(16-8-2-3-9-17(16)24(28)31)23(30)26-14-22(29)27-21-12-6-7-13-25-21/h2-13,15H,14H2,1H3,(H,26,30)(H,25,27,29). The van der Waals surface area contributed by atoms with Gasteiger partial charge in [-0.25, -0.2) is 4.98 Å². The monoisotopic (exact) mass is 428 g/mol. The molecule has 160 valence electrons. The average Bonchev–Trinajstić information content (AvgIpc) is 2.83. The minimum Gasteiger partial charge on any atom is -0.495 e. The molecule has 2 aromatic heterocycles. The summed E-state index contributed by atoms with van der Waals surface area (Å²) in [6.45, 7) is -0.252. The molecule has 4 rings (SSSR count). The number of carbonyl (C=O) groups excluding carboxylic acids is 2. The molecule has 0 atom stereocenters. The first-order chi connectivity index (χ1) is 15.6. The van der Waals surface area contributed by atoms with Crippen LogP contribution in [-0.2, 0) is 4.79 Å². The summed E-state index contributed by atoms with van der Waals surface area (Å²) in [7, 11) is 1.51. The van der Waals surface area contributed by atoms with Crippen molar-refractivity contribution in [3.05, 3.63) is 95.0 Å². The van der Waals surface area contributed by atoms with E-state index < -0.39 is 11.8 Å². The van der Waals surface area contributed by atoms with Gasteiger partial charge in [0, 0.05) is 23.2 Å². The van der Waals surface area contributed by atoms with Gasteiger partial charge in [0.2, 0.25) is 5.91 Å². The molecule has 0 saturated carbocycles. The molecule has 0 unspecified atom stereocenters. The Morgan fingerprint density at radius 1 is 0.969 bits per heavy atom. The first kappa shape index (κ1) is 20.8. The average molecular weight is 428 g/mol. The normalized spacial score (nSPS) is 10.5. The SMILES string of the molecule is COc1ccccc1-n1cc(C(=O)NCC(=O)Nc2ccccn2)c2ccccc2c1=O. The molecule has 2 N–H and O–H groups in total. The molecule has 2 heterocycles. The Bertz CT molecular complexity index is 1350. The second-order valence-electron chi connectivity index (χ2n) is 6.88. The van der Waals surface area contributed by atoms with Crippen LogP contribution in [0.2, 0.25) is 0 Å². The van der Waals surface area contributed by atoms with E-state index in [9.17, 15) is 14.4 Å². The van der Waals surface area contributed by atoms with E-state index in [1.807, 2.05) is 0 Å². The van der Waals surface area contributed by atoms with Gasteiger partial charge in [-0.3, -0.25) is 19.0 Å². The fourth-order valence-electron chi connectivity index (χ4n) is 3.36. The molecule has 0 aliphatic rings. The summed E-state index contributed by atoms with van der Waals surface area (Å²) in [6.07, 6.45) is 3.02. The summed E-state index contributed by atoms with van der Waals surface area (Å²) in [4.78, 5) is 42.4. The summed E-state index contributed by atoms with van der Waals surface area (Å²) in [5.74, 6) is -0.0201. The van der Waals surface area contributed by atoms with Gasteiger partial charge in [-0.1, -0.05) is 36.4 Å². The largest absolute Gasteiger partial charge is 0.495 e. The molecule has 0 fully saturated rings. The van der Waals surface area contributed by atoms with Crippen LogP contribution in [-0.4, -0.2) is 35.0 Å². The number of benzene rings is 2. The summed E-state index contributed by atoms with van der Waals surface area (Å²) >= 11 is 0. The van der Waals surface area contributed by atoms with Gasteiger partial charge in [-0.2, -0.15) is 0 Å². The number of methoxy groups -OCH3 is 1. The predicted octanol–water partition coefficient (Wildman–Crippen LogP) is 2.76. The van der Waals surface area contributed by atoms with Crippen LogP contribution in [0.15, 0.2) is 83.9 Å². The molecular weight excluding hydrogens is 408 g/mol. The van der Waals surface area contributed by atoms with Gasteiger partial charge in [0.25, 0.3) is 11.5 Å². The first-order valence-electron chi connectivity index (χ1n) is 9.85. The van der Waals surface area contributed by atoms with Gasteiger partial charge >= 0.3 is 0 Å². The molecular formula is C24H20N4O4. The lowest BCUT2D eigenvalue weighted by atomic mass is 10.1. The Morgan fingerprint density at radius 3 is 2.44 bits per heavy atom. The Morgan fingerprint density at radius 2 is 1.69 bits per heavy atom. The number of carbonyl (C=O) groups is 2. The predicted molar refractivity (Wildman–Crippen MR) is 121 cm³/mol. The Kier molecular flexibility index (Phi) is 5.94. The van der Waals surface area contributed by atoms with Gasteiger partial charge in [0.05, 0.1) is 24.9 Å². The van der Waals surface area contributed by atoms with E-state index in [0.717, 1.165) is 0 Å². The van der Waals surface area contributed by atoms with Crippen LogP contribution in [0.25, 0.3) is 16.5 Å². The number of fused-ring (bicyclic) bond motifs is 1. The van der Waals surface area contributed by atoms with Gasteiger partial charge in [0.15, 0.2) is 0 Å². The topological polar surface area (TPSA) is 102 Å². The van der Waals surface area contributed by atoms with E-state index >= 15 is 0 Å². The zero-order valence-corrected chi connectivity index (χ0v) is 17.2. The molecule has 8 nitrogen and oxygen atoms in total. The van der Waals surface area contributed by atoms with Gasteiger partial charge in [-0.15, -0.1) is 0 Å². The molecule has 2 aromatic carbocycles. The Hall–Kier alpha value is -4.46. The Labute approximate surface area is 183 Å². The maximum atomic E-state index is 13.1. The number of para-hydroxylation sites is 2. The van der Waals surface area contributed by atoms with Crippen molar-refractivity contribution in [3.63, 3.8) is 0 Å². The number of anilines is 1. The molecule has 0 bridgehead atoms. The number of pyridine rings is 2. The number of aromatic nitrogens is 2. The minimum absolute atomic E-state index is 0.252. The van der Waals surface area contributed by atoms with Crippen LogP contribution < -0.4 is 20.9 Å². The van der Waals surface area contributed by atoms with Crippen molar-refractivity contribution >= 4 is 28.4 Å². The summed E-state index contributed by atoms with van der Waals surface area (Å²) in [6, 6.07) is 19.0. The second-order valence-corrected chi connectivity index (χ2v) is 6.88. The van der Waals surface area contributed by atoms with E-state index in [2.05, 4.69) is 15.6 Å². The molecule has 32 heavy (non-hydrogen) atoms. The van der Waals surface area contributed by atoms with Crippen molar-refractivity contribution in [2.75, 3.05) is 19.0 Å². The fraction of sp³-hybridized carbons (Fsp3) is 0.0833. The maximum Gasteiger partial charge on any atom is 0.263 e. The summed E-state index contributed by atoms with van der Waals surface area (Å²) in [5, 5.41) is 6.09. The Balaban J connectivity index is 1.67. The molecule has 0 aliphatic carbocycles. The number of hydrogen-bond donors (Lipinski definition) is 2. The number of hydrogen-bond acceptors (Lipinski definition) is 5. The summed E-state index contributed by atoms with van der Waals surface area (Å²) in [5.41, 5.74) is 0.485. The van der Waals surface area contributed by atoms with Crippen molar-refractivity contribution in [3.8, 4) is 11.4 Å². The van der Waals surface area contributed by atoms with Crippen LogP contribution in [0.3, 0.4) is 0 Å². The number of amides is 2. The van der Waals surface area contributed by atoms with E-state index in [4.69, 9.17) is 4.74 Å². The number of nitrogens with zero attached hydrogens (tertiary/aromatic N) is 2. The molecule has 0 spiro atoms. The third-order valence-corrected chi connectivity index (χ3v) is 4.86. The van der Waals surface area contributed by atoms with Crippen molar-refractivity contribution in [1.29, 1.82) is 0 Å². The van der Waals surface area contributed by atoms with E-state index in [-0.39, 0.29) is 17.7 Å². The van der Waals surface area contributed by atoms with E-state index in [1.54, 1.807) is 72.9 Å². The number of rotatable bonds is 6. The van der Waals surface area contributed by atoms with Crippen molar-refractivity contribution in [1.82, 2.24) is 14.9 Å². The number of nitrogens with one attached hydrogen (secondary N) is 2. The lowest BCUT2D eigenvalue weighted by Gasteiger charge is -2.15. The molecule has 0 saturated heterocycles. The smallest absolute Gasteiger partial charge is 0.263 e. The van der Waals surface area contributed by atoms with Crippen molar-refractivity contribution < 1.29 is 14.3 Å². The van der Waals surface area contributed by atoms with E-state index in [1.165, 1.54) is 17.9 Å². The van der Waals surface area contributed by atoms with Gasteiger partial charge < -0.3 is 15.4 Å². The minimum atomic E-state index is -0.485. The number of ether oxygens (including phenoxy) is 1. The van der Waals surface area contributed by atoms with Gasteiger partial charge in [-0.05, 0) is 30.3 Å². The highest BCUT2D eigenvalue weighted by atomic mass is 16.5. The zero-order chi connectivity index (χ0) is 22.5. The highest BCUT2D eigenvalue weighted by Gasteiger charge is 2.17. The molecule has 0 aliphatic heterocycles. The molecule has 8 heteroatoms. The second kappa shape index (κ2) is 9.13. The van der Waals surface area contributed by atoms with Crippen LogP contribution >= 0.6 is 0 Å². The van der Waals surface area contributed by atoms with Crippen LogP contribution in [0.5, 0.6) is 5.75 Å². The highest BCUT2D eigenvalue weighted by molar-refractivity contribution is 6.08. The highest BCUT2D eigenvalue weighted by Crippen LogP contribution is 2.23. The lowest BCUT2D eigenvalue weighted by molar-refractivity contribution is -0.115. The summed E-state index contributed by atoms with van der Waals surface area (Å²) < 4.78 is 6.76.